The summed E-state index contributed by atoms with van der Waals surface area (Å²) in [6, 6.07) is 0. The van der Waals surface area contributed by atoms with Crippen molar-refractivity contribution in [3.05, 3.63) is 18.1 Å². The third-order valence-corrected chi connectivity index (χ3v) is 1.80. The molecule has 1 aromatic rings. The first-order chi connectivity index (χ1) is 6.59. The number of hydrogen-bond acceptors (Lipinski definition) is 4. The number of thiocarbonyl (C=S) groups is 1. The van der Waals surface area contributed by atoms with Crippen LogP contribution >= 0.6 is 12.2 Å². The van der Waals surface area contributed by atoms with Gasteiger partial charge in [0.1, 0.15) is 16.5 Å². The van der Waals surface area contributed by atoms with E-state index in [-0.39, 0.29) is 4.99 Å². The quantitative estimate of drug-likeness (QED) is 0.731. The van der Waals surface area contributed by atoms with E-state index < -0.39 is 0 Å². The van der Waals surface area contributed by atoms with Gasteiger partial charge in [0, 0.05) is 6.54 Å². The third kappa shape index (κ3) is 3.26. The third-order valence-electron chi connectivity index (χ3n) is 1.60. The number of aromatic nitrogens is 2. The standard InChI is InChI=1S/C9H14N4S/c1-6(2)3-12-8-5-11-7(4-13-8)9(10)14/h4-6H,3H2,1-2H3,(H2,10,14)(H,12,13). The van der Waals surface area contributed by atoms with Crippen molar-refractivity contribution in [1.82, 2.24) is 9.97 Å². The Bertz CT molecular complexity index is 307. The van der Waals surface area contributed by atoms with E-state index in [0.29, 0.717) is 11.6 Å². The predicted octanol–water partition coefficient (Wildman–Crippen LogP) is 1.18. The van der Waals surface area contributed by atoms with Gasteiger partial charge in [-0.1, -0.05) is 26.1 Å². The molecule has 0 saturated carbocycles. The minimum Gasteiger partial charge on any atom is -0.388 e. The molecule has 0 bridgehead atoms. The lowest BCUT2D eigenvalue weighted by atomic mass is 10.2. The fourth-order valence-corrected chi connectivity index (χ4v) is 0.961. The van der Waals surface area contributed by atoms with Crippen LogP contribution in [0.1, 0.15) is 19.5 Å². The lowest BCUT2D eigenvalue weighted by Gasteiger charge is -2.07. The fourth-order valence-electron chi connectivity index (χ4n) is 0.855. The van der Waals surface area contributed by atoms with Crippen molar-refractivity contribution < 1.29 is 0 Å². The maximum Gasteiger partial charge on any atom is 0.144 e. The van der Waals surface area contributed by atoms with Crippen LogP contribution in [0.4, 0.5) is 5.82 Å². The Balaban J connectivity index is 2.60. The van der Waals surface area contributed by atoms with Crippen LogP contribution in [0.15, 0.2) is 12.4 Å². The molecule has 1 heterocycles. The van der Waals surface area contributed by atoms with Crippen molar-refractivity contribution in [2.45, 2.75) is 13.8 Å². The van der Waals surface area contributed by atoms with Crippen LogP contribution in [0.5, 0.6) is 0 Å². The number of nitrogens with zero attached hydrogens (tertiary/aromatic N) is 2. The second-order valence-electron chi connectivity index (χ2n) is 3.43. The molecule has 0 atom stereocenters. The Hall–Kier alpha value is -1.23. The summed E-state index contributed by atoms with van der Waals surface area (Å²) in [6.45, 7) is 5.13. The Labute approximate surface area is 88.9 Å². The van der Waals surface area contributed by atoms with Gasteiger partial charge in [0.05, 0.1) is 12.4 Å². The predicted molar refractivity (Wildman–Crippen MR) is 61.2 cm³/mol. The highest BCUT2D eigenvalue weighted by atomic mass is 32.1. The van der Waals surface area contributed by atoms with Crippen molar-refractivity contribution in [3.63, 3.8) is 0 Å². The summed E-state index contributed by atoms with van der Waals surface area (Å²) in [4.78, 5) is 8.47. The maximum absolute atomic E-state index is 5.39. The molecule has 76 valence electrons. The second kappa shape index (κ2) is 4.85. The number of rotatable bonds is 4. The Morgan fingerprint density at radius 1 is 1.50 bits per heavy atom. The normalized spacial score (nSPS) is 10.2. The summed E-state index contributed by atoms with van der Waals surface area (Å²) in [6.07, 6.45) is 3.21. The van der Waals surface area contributed by atoms with Crippen LogP contribution < -0.4 is 11.1 Å². The van der Waals surface area contributed by atoms with Crippen LogP contribution in [0.3, 0.4) is 0 Å². The van der Waals surface area contributed by atoms with Gasteiger partial charge in [0.15, 0.2) is 0 Å². The molecule has 0 unspecified atom stereocenters. The Kier molecular flexibility index (Phi) is 3.76. The molecule has 0 aliphatic heterocycles. The molecule has 0 aliphatic rings. The van der Waals surface area contributed by atoms with E-state index in [1.807, 2.05) is 0 Å². The average Bonchev–Trinajstić information content (AvgIpc) is 2.15. The van der Waals surface area contributed by atoms with Gasteiger partial charge in [-0.15, -0.1) is 0 Å². The first-order valence-electron chi connectivity index (χ1n) is 4.45. The van der Waals surface area contributed by atoms with E-state index in [1.165, 1.54) is 0 Å². The molecule has 0 aromatic carbocycles. The zero-order valence-corrected chi connectivity index (χ0v) is 9.14. The monoisotopic (exact) mass is 210 g/mol. The minimum atomic E-state index is 0.271. The summed E-state index contributed by atoms with van der Waals surface area (Å²) in [5.74, 6) is 1.32. The Morgan fingerprint density at radius 3 is 2.64 bits per heavy atom. The van der Waals surface area contributed by atoms with E-state index in [1.54, 1.807) is 12.4 Å². The van der Waals surface area contributed by atoms with Crippen molar-refractivity contribution in [3.8, 4) is 0 Å². The van der Waals surface area contributed by atoms with Gasteiger partial charge in [0.25, 0.3) is 0 Å². The lowest BCUT2D eigenvalue weighted by molar-refractivity contribution is 0.686. The van der Waals surface area contributed by atoms with E-state index in [0.717, 1.165) is 12.4 Å². The Morgan fingerprint density at radius 2 is 2.21 bits per heavy atom. The average molecular weight is 210 g/mol. The summed E-state index contributed by atoms with van der Waals surface area (Å²) >= 11 is 4.77. The zero-order chi connectivity index (χ0) is 10.6. The molecule has 0 saturated heterocycles. The molecule has 0 aliphatic carbocycles. The molecule has 0 spiro atoms. The highest BCUT2D eigenvalue weighted by Gasteiger charge is 1.99. The molecule has 0 radical (unpaired) electrons. The smallest absolute Gasteiger partial charge is 0.144 e. The summed E-state index contributed by atoms with van der Waals surface area (Å²) in [5.41, 5.74) is 5.95. The topological polar surface area (TPSA) is 63.8 Å². The first-order valence-corrected chi connectivity index (χ1v) is 4.86. The molecule has 1 aromatic heterocycles. The van der Waals surface area contributed by atoms with Gasteiger partial charge in [-0.25, -0.2) is 9.97 Å². The van der Waals surface area contributed by atoms with Crippen molar-refractivity contribution in [2.24, 2.45) is 11.7 Å². The molecular weight excluding hydrogens is 196 g/mol. The second-order valence-corrected chi connectivity index (χ2v) is 3.87. The van der Waals surface area contributed by atoms with Gasteiger partial charge in [-0.2, -0.15) is 0 Å². The van der Waals surface area contributed by atoms with Gasteiger partial charge < -0.3 is 11.1 Å². The molecular formula is C9H14N4S. The lowest BCUT2D eigenvalue weighted by Crippen LogP contribution is -2.14. The summed E-state index contributed by atoms with van der Waals surface area (Å²) in [7, 11) is 0. The summed E-state index contributed by atoms with van der Waals surface area (Å²) < 4.78 is 0. The van der Waals surface area contributed by atoms with E-state index >= 15 is 0 Å². The highest BCUT2D eigenvalue weighted by molar-refractivity contribution is 7.80. The summed E-state index contributed by atoms with van der Waals surface area (Å²) in [5, 5.41) is 3.15. The largest absolute Gasteiger partial charge is 0.388 e. The fraction of sp³-hybridized carbons (Fsp3) is 0.444. The molecule has 0 fully saturated rings. The van der Waals surface area contributed by atoms with Gasteiger partial charge >= 0.3 is 0 Å². The SMILES string of the molecule is CC(C)CNc1cnc(C(N)=S)cn1. The van der Waals surface area contributed by atoms with Crippen LogP contribution in [-0.2, 0) is 0 Å². The van der Waals surface area contributed by atoms with Crippen LogP contribution in [0.25, 0.3) is 0 Å². The maximum atomic E-state index is 5.39. The van der Waals surface area contributed by atoms with Gasteiger partial charge in [-0.3, -0.25) is 0 Å². The molecule has 4 nitrogen and oxygen atoms in total. The van der Waals surface area contributed by atoms with Gasteiger partial charge in [-0.05, 0) is 5.92 Å². The van der Waals surface area contributed by atoms with Crippen LogP contribution in [0, 0.1) is 5.92 Å². The van der Waals surface area contributed by atoms with E-state index in [4.69, 9.17) is 18.0 Å². The number of nitrogens with two attached hydrogens (primary N) is 1. The van der Waals surface area contributed by atoms with Crippen molar-refractivity contribution in [2.75, 3.05) is 11.9 Å². The highest BCUT2D eigenvalue weighted by Crippen LogP contribution is 2.02. The van der Waals surface area contributed by atoms with Crippen LogP contribution in [0.2, 0.25) is 0 Å². The first kappa shape index (κ1) is 10.8. The molecule has 3 N–H and O–H groups in total. The van der Waals surface area contributed by atoms with Crippen LogP contribution in [-0.4, -0.2) is 21.5 Å². The number of anilines is 1. The zero-order valence-electron chi connectivity index (χ0n) is 8.32. The number of hydrogen-bond donors (Lipinski definition) is 2. The van der Waals surface area contributed by atoms with Gasteiger partial charge in [0.2, 0.25) is 0 Å². The van der Waals surface area contributed by atoms with E-state index in [2.05, 4.69) is 29.1 Å². The molecule has 14 heavy (non-hydrogen) atoms. The van der Waals surface area contributed by atoms with Crippen molar-refractivity contribution in [1.29, 1.82) is 0 Å². The molecule has 1 rings (SSSR count). The molecule has 5 heteroatoms. The van der Waals surface area contributed by atoms with Crippen molar-refractivity contribution >= 4 is 23.0 Å². The van der Waals surface area contributed by atoms with E-state index in [9.17, 15) is 0 Å². The molecule has 0 amide bonds. The number of nitrogens with one attached hydrogen (secondary N) is 1. The minimum absolute atomic E-state index is 0.271.